The van der Waals surface area contributed by atoms with E-state index in [2.05, 4.69) is 16.7 Å². The summed E-state index contributed by atoms with van der Waals surface area (Å²) >= 11 is 1.17. The summed E-state index contributed by atoms with van der Waals surface area (Å²) in [6, 6.07) is 10.6. The molecule has 0 bridgehead atoms. The van der Waals surface area contributed by atoms with E-state index in [0.717, 1.165) is 31.5 Å². The van der Waals surface area contributed by atoms with Crippen molar-refractivity contribution in [1.29, 1.82) is 0 Å². The minimum Gasteiger partial charge on any atom is -0.342 e. The summed E-state index contributed by atoms with van der Waals surface area (Å²) < 4.78 is 27.3. The number of rotatable bonds is 6. The summed E-state index contributed by atoms with van der Waals surface area (Å²) in [7, 11) is 0.431. The number of likely N-dealkylation sites (N-methyl/N-ethyl adjacent to an activating group) is 1. The zero-order valence-corrected chi connectivity index (χ0v) is 17.2. The second kappa shape index (κ2) is 8.41. The third-order valence-electron chi connectivity index (χ3n) is 4.95. The van der Waals surface area contributed by atoms with Gasteiger partial charge in [-0.1, -0.05) is 18.2 Å². The number of likely N-dealkylation sites (tertiary alicyclic amines) is 1. The standard InChI is InChI=1S/C19H25N3O3S2/c1-21-11-9-17(10-12-21)22(2)18(23)14-15-5-7-16(8-6-15)20-27(24,25)19-4-3-13-26-19/h3-8,13,17,20H,9-12,14H2,1-2H3. The molecule has 1 saturated heterocycles. The van der Waals surface area contributed by atoms with E-state index >= 15 is 0 Å². The third-order valence-corrected chi connectivity index (χ3v) is 7.73. The number of amides is 1. The van der Waals surface area contributed by atoms with Gasteiger partial charge in [-0.2, -0.15) is 0 Å². The number of hydrogen-bond donors (Lipinski definition) is 1. The number of benzene rings is 1. The van der Waals surface area contributed by atoms with Gasteiger partial charge in [0.15, 0.2) is 0 Å². The Balaban J connectivity index is 1.58. The van der Waals surface area contributed by atoms with Gasteiger partial charge >= 0.3 is 0 Å². The van der Waals surface area contributed by atoms with Gasteiger partial charge in [0.25, 0.3) is 10.0 Å². The Morgan fingerprint density at radius 2 is 1.89 bits per heavy atom. The van der Waals surface area contributed by atoms with E-state index in [1.165, 1.54) is 11.3 Å². The topological polar surface area (TPSA) is 69.7 Å². The molecule has 1 aromatic carbocycles. The lowest BCUT2D eigenvalue weighted by Crippen LogP contribution is -2.44. The molecule has 1 amide bonds. The van der Waals surface area contributed by atoms with Crippen LogP contribution in [0.25, 0.3) is 0 Å². The van der Waals surface area contributed by atoms with E-state index in [-0.39, 0.29) is 10.1 Å². The fourth-order valence-electron chi connectivity index (χ4n) is 3.20. The first-order valence-corrected chi connectivity index (χ1v) is 11.3. The molecule has 1 aromatic heterocycles. The van der Waals surface area contributed by atoms with Crippen LogP contribution in [0.2, 0.25) is 0 Å². The first-order chi connectivity index (χ1) is 12.8. The van der Waals surface area contributed by atoms with Gasteiger partial charge in [0.1, 0.15) is 4.21 Å². The number of piperidine rings is 1. The monoisotopic (exact) mass is 407 g/mol. The van der Waals surface area contributed by atoms with Crippen molar-refractivity contribution in [2.75, 3.05) is 31.9 Å². The van der Waals surface area contributed by atoms with Gasteiger partial charge in [0.05, 0.1) is 6.42 Å². The minimum absolute atomic E-state index is 0.0940. The zero-order valence-electron chi connectivity index (χ0n) is 15.6. The summed E-state index contributed by atoms with van der Waals surface area (Å²) in [5, 5.41) is 1.73. The maximum atomic E-state index is 12.6. The first-order valence-electron chi connectivity index (χ1n) is 8.94. The maximum absolute atomic E-state index is 12.6. The van der Waals surface area contributed by atoms with Crippen molar-refractivity contribution in [2.45, 2.75) is 29.5 Å². The minimum atomic E-state index is -3.55. The SMILES string of the molecule is CN1CCC(N(C)C(=O)Cc2ccc(NS(=O)(=O)c3cccs3)cc2)CC1. The van der Waals surface area contributed by atoms with Crippen LogP contribution in [0.4, 0.5) is 5.69 Å². The van der Waals surface area contributed by atoms with Crippen LogP contribution < -0.4 is 4.72 Å². The molecule has 0 radical (unpaired) electrons. The molecule has 3 rings (SSSR count). The van der Waals surface area contributed by atoms with Crippen LogP contribution in [0.1, 0.15) is 18.4 Å². The van der Waals surface area contributed by atoms with Gasteiger partial charge in [-0.25, -0.2) is 8.42 Å². The molecule has 1 aliphatic rings. The quantitative estimate of drug-likeness (QED) is 0.799. The van der Waals surface area contributed by atoms with Crippen LogP contribution >= 0.6 is 11.3 Å². The van der Waals surface area contributed by atoms with Gasteiger partial charge in [-0.3, -0.25) is 9.52 Å². The van der Waals surface area contributed by atoms with Gasteiger partial charge in [-0.15, -0.1) is 11.3 Å². The molecular formula is C19H25N3O3S2. The number of nitrogens with one attached hydrogen (secondary N) is 1. The summed E-state index contributed by atoms with van der Waals surface area (Å²) in [6.45, 7) is 2.03. The smallest absolute Gasteiger partial charge is 0.271 e. The Labute approximate surface area is 164 Å². The van der Waals surface area contributed by atoms with Crippen molar-refractivity contribution in [3.63, 3.8) is 0 Å². The molecule has 2 heterocycles. The zero-order chi connectivity index (χ0) is 19.4. The number of carbonyl (C=O) groups excluding carboxylic acids is 1. The van der Waals surface area contributed by atoms with Crippen molar-refractivity contribution >= 4 is 33.0 Å². The van der Waals surface area contributed by atoms with Gasteiger partial charge < -0.3 is 9.80 Å². The highest BCUT2D eigenvalue weighted by molar-refractivity contribution is 7.94. The number of nitrogens with zero attached hydrogens (tertiary/aromatic N) is 2. The van der Waals surface area contributed by atoms with Crippen molar-refractivity contribution in [2.24, 2.45) is 0 Å². The highest BCUT2D eigenvalue weighted by Gasteiger charge is 2.24. The lowest BCUT2D eigenvalue weighted by molar-refractivity contribution is -0.132. The van der Waals surface area contributed by atoms with Crippen molar-refractivity contribution < 1.29 is 13.2 Å². The Morgan fingerprint density at radius 3 is 2.48 bits per heavy atom. The Kier molecular flexibility index (Phi) is 6.18. The molecule has 2 aromatic rings. The molecule has 1 aliphatic heterocycles. The summed E-state index contributed by atoms with van der Waals surface area (Å²) in [4.78, 5) is 16.7. The largest absolute Gasteiger partial charge is 0.342 e. The van der Waals surface area contributed by atoms with Gasteiger partial charge in [0, 0.05) is 18.8 Å². The predicted molar refractivity (Wildman–Crippen MR) is 109 cm³/mol. The average Bonchev–Trinajstić information content (AvgIpc) is 3.19. The van der Waals surface area contributed by atoms with E-state index in [1.807, 2.05) is 11.9 Å². The van der Waals surface area contributed by atoms with Crippen LogP contribution in [0.15, 0.2) is 46.0 Å². The predicted octanol–water partition coefficient (Wildman–Crippen LogP) is 2.64. The lowest BCUT2D eigenvalue weighted by Gasteiger charge is -2.35. The molecule has 0 aliphatic carbocycles. The molecule has 0 unspecified atom stereocenters. The molecule has 146 valence electrons. The summed E-state index contributed by atoms with van der Waals surface area (Å²) in [5.41, 5.74) is 1.36. The van der Waals surface area contributed by atoms with Crippen LogP contribution in [-0.4, -0.2) is 57.4 Å². The van der Waals surface area contributed by atoms with Crippen molar-refractivity contribution in [3.05, 3.63) is 47.3 Å². The molecule has 1 N–H and O–H groups in total. The van der Waals surface area contributed by atoms with Crippen molar-refractivity contribution in [3.8, 4) is 0 Å². The van der Waals surface area contributed by atoms with E-state index in [4.69, 9.17) is 0 Å². The number of hydrogen-bond acceptors (Lipinski definition) is 5. The van der Waals surface area contributed by atoms with E-state index in [9.17, 15) is 13.2 Å². The molecule has 27 heavy (non-hydrogen) atoms. The fourth-order valence-corrected chi connectivity index (χ4v) is 5.25. The van der Waals surface area contributed by atoms with Gasteiger partial charge in [-0.05, 0) is 62.1 Å². The molecule has 8 heteroatoms. The lowest BCUT2D eigenvalue weighted by atomic mass is 10.0. The molecular weight excluding hydrogens is 382 g/mol. The number of anilines is 1. The highest BCUT2D eigenvalue weighted by Crippen LogP contribution is 2.21. The Morgan fingerprint density at radius 1 is 1.22 bits per heavy atom. The van der Waals surface area contributed by atoms with Crippen LogP contribution in [0.3, 0.4) is 0 Å². The number of thiophene rings is 1. The summed E-state index contributed by atoms with van der Waals surface area (Å²) in [5.74, 6) is 0.0940. The van der Waals surface area contributed by atoms with Crippen LogP contribution in [0.5, 0.6) is 0 Å². The second-order valence-corrected chi connectivity index (χ2v) is 9.81. The van der Waals surface area contributed by atoms with Crippen LogP contribution in [0, 0.1) is 0 Å². The molecule has 0 atom stereocenters. The van der Waals surface area contributed by atoms with E-state index in [0.29, 0.717) is 18.2 Å². The number of sulfonamides is 1. The summed E-state index contributed by atoms with van der Waals surface area (Å²) in [6.07, 6.45) is 2.32. The highest BCUT2D eigenvalue weighted by atomic mass is 32.2. The van der Waals surface area contributed by atoms with Gasteiger partial charge in [0.2, 0.25) is 5.91 Å². The second-order valence-electron chi connectivity index (χ2n) is 6.95. The van der Waals surface area contributed by atoms with Crippen LogP contribution in [-0.2, 0) is 21.2 Å². The number of carbonyl (C=O) groups is 1. The first kappa shape index (κ1) is 19.9. The third kappa shape index (κ3) is 5.09. The Hall–Kier alpha value is -1.90. The van der Waals surface area contributed by atoms with E-state index in [1.54, 1.807) is 41.8 Å². The van der Waals surface area contributed by atoms with E-state index < -0.39 is 10.0 Å². The average molecular weight is 408 g/mol. The fraction of sp³-hybridized carbons (Fsp3) is 0.421. The Bertz CT molecular complexity index is 856. The maximum Gasteiger partial charge on any atom is 0.271 e. The normalized spacial score (nSPS) is 16.2. The molecule has 0 saturated carbocycles. The molecule has 6 nitrogen and oxygen atoms in total. The molecule has 0 spiro atoms. The van der Waals surface area contributed by atoms with Crippen molar-refractivity contribution in [1.82, 2.24) is 9.80 Å². The molecule has 1 fully saturated rings.